The molecule has 0 saturated heterocycles. The smallest absolute Gasteiger partial charge is 0.0564 e. The molecule has 0 amide bonds. The lowest BCUT2D eigenvalue weighted by Crippen LogP contribution is -2.08. The topological polar surface area (TPSA) is 32.6 Å². The molecule has 0 heterocycles. The molecule has 10 heavy (non-hydrogen) atoms. The van der Waals surface area contributed by atoms with E-state index in [0.29, 0.717) is 12.5 Å². The average Bonchev–Trinajstić information content (AvgIpc) is 1.58. The fourth-order valence-corrected chi connectivity index (χ4v) is 0.921. The first-order chi connectivity index (χ1) is 4.52. The highest BCUT2D eigenvalue weighted by atomic mass is 16.3. The van der Waals surface area contributed by atoms with Crippen molar-refractivity contribution in [2.24, 2.45) is 4.99 Å². The maximum absolute atomic E-state index is 8.95. The van der Waals surface area contributed by atoms with Gasteiger partial charge in [-0.15, -0.1) is 0 Å². The van der Waals surface area contributed by atoms with Gasteiger partial charge in [-0.25, -0.2) is 0 Å². The lowest BCUT2D eigenvalue weighted by atomic mass is 10.2. The van der Waals surface area contributed by atoms with E-state index >= 15 is 0 Å². The summed E-state index contributed by atoms with van der Waals surface area (Å²) in [7, 11) is 0. The number of hydrogen-bond donors (Lipinski definition) is 1. The van der Waals surface area contributed by atoms with Crippen molar-refractivity contribution in [3.05, 3.63) is 0 Å². The number of aliphatic hydroxyl groups is 1. The minimum absolute atomic E-state index is 0.262. The Balaban J connectivity index is 3.71. The summed E-state index contributed by atoms with van der Waals surface area (Å²) in [5.41, 5.74) is 1.03. The first-order valence-electron chi connectivity index (χ1n) is 3.73. The summed E-state index contributed by atoms with van der Waals surface area (Å²) in [5, 5.41) is 8.95. The lowest BCUT2D eigenvalue weighted by molar-refractivity contribution is 0.203. The van der Waals surface area contributed by atoms with Crippen LogP contribution in [0, 0.1) is 0 Å². The number of aliphatic hydroxyl groups excluding tert-OH is 1. The largest absolute Gasteiger partial charge is 0.393 e. The summed E-state index contributed by atoms with van der Waals surface area (Å²) in [5.74, 6) is 0. The molecule has 2 nitrogen and oxygen atoms in total. The molecule has 0 aromatic carbocycles. The SMILES string of the molecule is C/C(CC(C)O)=N/C(C)C. The van der Waals surface area contributed by atoms with Crippen molar-refractivity contribution in [2.75, 3.05) is 0 Å². The molecule has 0 bridgehead atoms. The van der Waals surface area contributed by atoms with Gasteiger partial charge in [0.05, 0.1) is 6.10 Å². The van der Waals surface area contributed by atoms with Crippen LogP contribution in [0.2, 0.25) is 0 Å². The van der Waals surface area contributed by atoms with Crippen LogP contribution in [0.3, 0.4) is 0 Å². The van der Waals surface area contributed by atoms with Gasteiger partial charge in [-0.05, 0) is 27.7 Å². The van der Waals surface area contributed by atoms with Crippen molar-refractivity contribution in [3.8, 4) is 0 Å². The highest BCUT2D eigenvalue weighted by Gasteiger charge is 1.98. The molecular weight excluding hydrogens is 126 g/mol. The number of hydrogen-bond acceptors (Lipinski definition) is 2. The first kappa shape index (κ1) is 9.63. The molecule has 0 fully saturated rings. The van der Waals surface area contributed by atoms with Crippen molar-refractivity contribution in [1.29, 1.82) is 0 Å². The summed E-state index contributed by atoms with van der Waals surface area (Å²) in [6.07, 6.45) is 0.431. The number of rotatable bonds is 3. The molecule has 2 heteroatoms. The zero-order valence-electron chi connectivity index (χ0n) is 7.26. The summed E-state index contributed by atoms with van der Waals surface area (Å²) in [6, 6.07) is 0.346. The summed E-state index contributed by atoms with van der Waals surface area (Å²) in [4.78, 5) is 4.27. The molecule has 0 aliphatic rings. The third-order valence-electron chi connectivity index (χ3n) is 1.07. The van der Waals surface area contributed by atoms with Crippen LogP contribution < -0.4 is 0 Å². The van der Waals surface area contributed by atoms with Crippen LogP contribution in [0.1, 0.15) is 34.1 Å². The van der Waals surface area contributed by atoms with Crippen LogP contribution in [0.15, 0.2) is 4.99 Å². The maximum atomic E-state index is 8.95. The molecular formula is C8H17NO. The van der Waals surface area contributed by atoms with Crippen LogP contribution in [0.25, 0.3) is 0 Å². The second-order valence-electron chi connectivity index (χ2n) is 3.01. The Hall–Kier alpha value is -0.370. The quantitative estimate of drug-likeness (QED) is 0.598. The molecule has 1 unspecified atom stereocenters. The van der Waals surface area contributed by atoms with E-state index in [0.717, 1.165) is 5.71 Å². The molecule has 1 N–H and O–H groups in total. The lowest BCUT2D eigenvalue weighted by Gasteiger charge is -2.04. The normalized spacial score (nSPS) is 16.0. The molecule has 0 aromatic rings. The second kappa shape index (κ2) is 4.45. The van der Waals surface area contributed by atoms with E-state index in [9.17, 15) is 0 Å². The second-order valence-corrected chi connectivity index (χ2v) is 3.01. The Bertz CT molecular complexity index is 116. The Kier molecular flexibility index (Phi) is 4.28. The van der Waals surface area contributed by atoms with Gasteiger partial charge in [0, 0.05) is 18.2 Å². The van der Waals surface area contributed by atoms with Crippen LogP contribution in [-0.4, -0.2) is 23.0 Å². The maximum Gasteiger partial charge on any atom is 0.0564 e. The average molecular weight is 143 g/mol. The van der Waals surface area contributed by atoms with E-state index < -0.39 is 0 Å². The first-order valence-corrected chi connectivity index (χ1v) is 3.73. The van der Waals surface area contributed by atoms with E-state index in [-0.39, 0.29) is 6.10 Å². The fraction of sp³-hybridized carbons (Fsp3) is 0.875. The summed E-state index contributed by atoms with van der Waals surface area (Å²) < 4.78 is 0. The Labute approximate surface area is 63.0 Å². The zero-order chi connectivity index (χ0) is 8.15. The van der Waals surface area contributed by atoms with E-state index in [1.165, 1.54) is 0 Å². The monoisotopic (exact) mass is 143 g/mol. The van der Waals surface area contributed by atoms with Gasteiger partial charge in [0.25, 0.3) is 0 Å². The standard InChI is InChI=1S/C8H17NO/c1-6(2)9-7(3)5-8(4)10/h6,8,10H,5H2,1-4H3/b9-7-. The zero-order valence-corrected chi connectivity index (χ0v) is 7.26. The third kappa shape index (κ3) is 5.76. The van der Waals surface area contributed by atoms with Crippen LogP contribution in [0.5, 0.6) is 0 Å². The van der Waals surface area contributed by atoms with Crippen molar-refractivity contribution in [1.82, 2.24) is 0 Å². The van der Waals surface area contributed by atoms with Gasteiger partial charge in [-0.3, -0.25) is 4.99 Å². The van der Waals surface area contributed by atoms with Crippen molar-refractivity contribution < 1.29 is 5.11 Å². The minimum Gasteiger partial charge on any atom is -0.393 e. The van der Waals surface area contributed by atoms with Crippen LogP contribution in [0.4, 0.5) is 0 Å². The van der Waals surface area contributed by atoms with Gasteiger partial charge < -0.3 is 5.11 Å². The predicted molar refractivity (Wildman–Crippen MR) is 44.5 cm³/mol. The van der Waals surface area contributed by atoms with Gasteiger partial charge in [0.15, 0.2) is 0 Å². The highest BCUT2D eigenvalue weighted by molar-refractivity contribution is 5.82. The molecule has 0 radical (unpaired) electrons. The summed E-state index contributed by atoms with van der Waals surface area (Å²) in [6.45, 7) is 7.79. The predicted octanol–water partition coefficient (Wildman–Crippen LogP) is 1.63. The Morgan fingerprint density at radius 1 is 1.40 bits per heavy atom. The van der Waals surface area contributed by atoms with Gasteiger partial charge in [-0.1, -0.05) is 0 Å². The van der Waals surface area contributed by atoms with Crippen molar-refractivity contribution in [3.63, 3.8) is 0 Å². The van der Waals surface area contributed by atoms with Gasteiger partial charge in [0.1, 0.15) is 0 Å². The van der Waals surface area contributed by atoms with Crippen molar-refractivity contribution >= 4 is 5.71 Å². The molecule has 0 spiro atoms. The molecule has 0 rings (SSSR count). The molecule has 0 aliphatic carbocycles. The van der Waals surface area contributed by atoms with Gasteiger partial charge >= 0.3 is 0 Å². The van der Waals surface area contributed by atoms with E-state index in [1.807, 2.05) is 20.8 Å². The highest BCUT2D eigenvalue weighted by Crippen LogP contribution is 1.96. The van der Waals surface area contributed by atoms with Crippen molar-refractivity contribution in [2.45, 2.75) is 46.3 Å². The third-order valence-corrected chi connectivity index (χ3v) is 1.07. The molecule has 1 atom stereocenters. The van der Waals surface area contributed by atoms with E-state index in [2.05, 4.69) is 4.99 Å². The molecule has 0 aliphatic heterocycles. The molecule has 60 valence electrons. The molecule has 0 saturated carbocycles. The Morgan fingerprint density at radius 2 is 1.90 bits per heavy atom. The van der Waals surface area contributed by atoms with Gasteiger partial charge in [0.2, 0.25) is 0 Å². The van der Waals surface area contributed by atoms with E-state index in [4.69, 9.17) is 5.11 Å². The minimum atomic E-state index is -0.262. The summed E-state index contributed by atoms with van der Waals surface area (Å²) >= 11 is 0. The number of nitrogens with zero attached hydrogens (tertiary/aromatic N) is 1. The van der Waals surface area contributed by atoms with Crippen LogP contribution in [-0.2, 0) is 0 Å². The molecule has 0 aromatic heterocycles. The van der Waals surface area contributed by atoms with Crippen LogP contribution >= 0.6 is 0 Å². The van der Waals surface area contributed by atoms with E-state index in [1.54, 1.807) is 6.92 Å². The van der Waals surface area contributed by atoms with Gasteiger partial charge in [-0.2, -0.15) is 0 Å². The number of aliphatic imine (C=N–C) groups is 1. The fourth-order valence-electron chi connectivity index (χ4n) is 0.921. The Morgan fingerprint density at radius 3 is 2.20 bits per heavy atom.